The quantitative estimate of drug-likeness (QED) is 0.504. The summed E-state index contributed by atoms with van der Waals surface area (Å²) in [6.07, 6.45) is 0. The number of aryl methyl sites for hydroxylation is 2. The maximum absolute atomic E-state index is 5.43. The fourth-order valence-corrected chi connectivity index (χ4v) is 3.43. The molecule has 0 amide bonds. The Labute approximate surface area is 140 Å². The Morgan fingerprint density at radius 1 is 1.17 bits per heavy atom. The van der Waals surface area contributed by atoms with Gasteiger partial charge in [0.2, 0.25) is 0 Å². The highest BCUT2D eigenvalue weighted by Crippen LogP contribution is 2.30. The lowest BCUT2D eigenvalue weighted by Gasteiger charge is -2.04. The van der Waals surface area contributed by atoms with Crippen molar-refractivity contribution >= 4 is 17.3 Å². The highest BCUT2D eigenvalue weighted by molar-refractivity contribution is 7.99. The molecule has 0 N–H and O–H groups in total. The van der Waals surface area contributed by atoms with Gasteiger partial charge in [-0.25, -0.2) is 9.50 Å². The smallest absolute Gasteiger partial charge is 0.190 e. The first kappa shape index (κ1) is 16.0. The van der Waals surface area contributed by atoms with Gasteiger partial charge in [0.05, 0.1) is 23.5 Å². The number of nitrogens with zero attached hydrogens (tertiary/aromatic N) is 3. The first-order chi connectivity index (χ1) is 11.2. The molecular weight excluding hydrogens is 306 g/mol. The van der Waals surface area contributed by atoms with Gasteiger partial charge in [-0.3, -0.25) is 0 Å². The summed E-state index contributed by atoms with van der Waals surface area (Å²) >= 11 is 1.69. The van der Waals surface area contributed by atoms with Crippen LogP contribution >= 0.6 is 11.8 Å². The minimum Gasteiger partial charge on any atom is -0.381 e. The Bertz CT molecular complexity index is 799. The van der Waals surface area contributed by atoms with Crippen LogP contribution in [0.5, 0.6) is 0 Å². The van der Waals surface area contributed by atoms with E-state index in [1.165, 1.54) is 5.56 Å². The largest absolute Gasteiger partial charge is 0.381 e. The molecule has 2 heterocycles. The number of fused-ring (bicyclic) bond motifs is 1. The summed E-state index contributed by atoms with van der Waals surface area (Å²) in [6.45, 7) is 7.61. The normalized spacial score (nSPS) is 11.3. The van der Waals surface area contributed by atoms with Gasteiger partial charge >= 0.3 is 0 Å². The number of hydrogen-bond donors (Lipinski definition) is 0. The monoisotopic (exact) mass is 327 g/mol. The molecule has 0 spiro atoms. The van der Waals surface area contributed by atoms with E-state index >= 15 is 0 Å². The van der Waals surface area contributed by atoms with Crippen LogP contribution in [0, 0.1) is 13.8 Å². The topological polar surface area (TPSA) is 39.4 Å². The fraction of sp³-hybridized carbons (Fsp3) is 0.333. The van der Waals surface area contributed by atoms with Crippen molar-refractivity contribution in [1.29, 1.82) is 0 Å². The van der Waals surface area contributed by atoms with E-state index in [4.69, 9.17) is 9.72 Å². The van der Waals surface area contributed by atoms with Gasteiger partial charge in [-0.1, -0.05) is 42.1 Å². The minimum atomic E-state index is 0.724. The molecule has 0 unspecified atom stereocenters. The molecule has 0 radical (unpaired) electrons. The van der Waals surface area contributed by atoms with E-state index in [-0.39, 0.29) is 0 Å². The van der Waals surface area contributed by atoms with Crippen molar-refractivity contribution in [2.24, 2.45) is 0 Å². The van der Waals surface area contributed by atoms with Crippen molar-refractivity contribution in [3.05, 3.63) is 47.7 Å². The van der Waals surface area contributed by atoms with Crippen LogP contribution in [0.25, 0.3) is 16.8 Å². The first-order valence-electron chi connectivity index (χ1n) is 7.83. The summed E-state index contributed by atoms with van der Waals surface area (Å²) in [5.41, 5.74) is 5.39. The molecule has 0 bridgehead atoms. The molecule has 5 heteroatoms. The number of hydrogen-bond acceptors (Lipinski definition) is 4. The van der Waals surface area contributed by atoms with E-state index in [0.29, 0.717) is 0 Å². The number of ether oxygens (including phenoxy) is 1. The highest BCUT2D eigenvalue weighted by Gasteiger charge is 2.16. The lowest BCUT2D eigenvalue weighted by atomic mass is 10.1. The second-order valence-electron chi connectivity index (χ2n) is 5.38. The predicted molar refractivity (Wildman–Crippen MR) is 95.1 cm³/mol. The van der Waals surface area contributed by atoms with Crippen molar-refractivity contribution in [2.45, 2.75) is 25.9 Å². The summed E-state index contributed by atoms with van der Waals surface area (Å²) in [7, 11) is 0. The maximum Gasteiger partial charge on any atom is 0.190 e. The van der Waals surface area contributed by atoms with Gasteiger partial charge in [-0.2, -0.15) is 5.10 Å². The van der Waals surface area contributed by atoms with Gasteiger partial charge in [-0.15, -0.1) is 0 Å². The van der Waals surface area contributed by atoms with E-state index in [0.717, 1.165) is 46.6 Å². The molecule has 0 fully saturated rings. The molecule has 0 aliphatic heterocycles. The SMILES string of the molecule is CCOCCSc1nc(-c2ccccc2)c2c(C)cc(C)nn12. The molecule has 1 aromatic carbocycles. The van der Waals surface area contributed by atoms with Crippen molar-refractivity contribution in [3.63, 3.8) is 0 Å². The van der Waals surface area contributed by atoms with Crippen LogP contribution in [-0.4, -0.2) is 33.6 Å². The molecule has 0 aliphatic carbocycles. The van der Waals surface area contributed by atoms with Crippen LogP contribution in [0.2, 0.25) is 0 Å². The Morgan fingerprint density at radius 2 is 1.96 bits per heavy atom. The third kappa shape index (κ3) is 3.41. The van der Waals surface area contributed by atoms with Gasteiger partial charge < -0.3 is 4.74 Å². The molecule has 23 heavy (non-hydrogen) atoms. The molecule has 0 saturated carbocycles. The average molecular weight is 327 g/mol. The van der Waals surface area contributed by atoms with Gasteiger partial charge in [0.15, 0.2) is 5.16 Å². The fourth-order valence-electron chi connectivity index (χ4n) is 2.63. The Hall–Kier alpha value is -1.85. The highest BCUT2D eigenvalue weighted by atomic mass is 32.2. The third-order valence-corrected chi connectivity index (χ3v) is 4.48. The molecular formula is C18H21N3OS. The van der Waals surface area contributed by atoms with E-state index < -0.39 is 0 Å². The number of imidazole rings is 1. The summed E-state index contributed by atoms with van der Waals surface area (Å²) in [5, 5.41) is 5.60. The number of rotatable bonds is 6. The second kappa shape index (κ2) is 7.15. The van der Waals surface area contributed by atoms with Crippen molar-refractivity contribution in [3.8, 4) is 11.3 Å². The zero-order valence-electron chi connectivity index (χ0n) is 13.7. The number of benzene rings is 1. The lowest BCUT2D eigenvalue weighted by Crippen LogP contribution is -2.00. The Balaban J connectivity index is 2.06. The van der Waals surface area contributed by atoms with Crippen LogP contribution in [0.1, 0.15) is 18.2 Å². The molecule has 3 rings (SSSR count). The van der Waals surface area contributed by atoms with Crippen LogP contribution in [0.4, 0.5) is 0 Å². The van der Waals surface area contributed by atoms with E-state index in [2.05, 4.69) is 30.2 Å². The van der Waals surface area contributed by atoms with Crippen LogP contribution in [-0.2, 0) is 4.74 Å². The number of thioether (sulfide) groups is 1. The molecule has 0 aliphatic rings. The molecule has 120 valence electrons. The van der Waals surface area contributed by atoms with Crippen molar-refractivity contribution in [2.75, 3.05) is 19.0 Å². The Kier molecular flexibility index (Phi) is 4.98. The lowest BCUT2D eigenvalue weighted by molar-refractivity contribution is 0.164. The number of aromatic nitrogens is 3. The summed E-state index contributed by atoms with van der Waals surface area (Å²) in [6, 6.07) is 12.4. The van der Waals surface area contributed by atoms with Gasteiger partial charge in [0, 0.05) is 17.9 Å². The van der Waals surface area contributed by atoms with Crippen molar-refractivity contribution in [1.82, 2.24) is 14.6 Å². The minimum absolute atomic E-state index is 0.724. The second-order valence-corrected chi connectivity index (χ2v) is 6.45. The van der Waals surface area contributed by atoms with Gasteiger partial charge in [0.25, 0.3) is 0 Å². The van der Waals surface area contributed by atoms with Crippen LogP contribution in [0.15, 0.2) is 41.6 Å². The zero-order chi connectivity index (χ0) is 16.2. The van der Waals surface area contributed by atoms with Crippen LogP contribution in [0.3, 0.4) is 0 Å². The van der Waals surface area contributed by atoms with Crippen molar-refractivity contribution < 1.29 is 4.74 Å². The van der Waals surface area contributed by atoms with E-state index in [1.54, 1.807) is 11.8 Å². The van der Waals surface area contributed by atoms with Gasteiger partial charge in [0.1, 0.15) is 0 Å². The predicted octanol–water partition coefficient (Wildman–Crippen LogP) is 4.14. The van der Waals surface area contributed by atoms with E-state index in [9.17, 15) is 0 Å². The first-order valence-corrected chi connectivity index (χ1v) is 8.82. The maximum atomic E-state index is 5.43. The average Bonchev–Trinajstić information content (AvgIpc) is 2.91. The standard InChI is InChI=1S/C18H21N3OS/c1-4-22-10-11-23-18-19-16(15-8-6-5-7-9-15)17-13(2)12-14(3)20-21(17)18/h5-9,12H,4,10-11H2,1-3H3. The van der Waals surface area contributed by atoms with Gasteiger partial charge in [-0.05, 0) is 32.4 Å². The third-order valence-electron chi connectivity index (χ3n) is 3.59. The van der Waals surface area contributed by atoms with E-state index in [1.807, 2.05) is 36.6 Å². The van der Waals surface area contributed by atoms with Crippen LogP contribution < -0.4 is 0 Å². The molecule has 2 aromatic heterocycles. The Morgan fingerprint density at radius 3 is 2.70 bits per heavy atom. The molecule has 3 aromatic rings. The molecule has 4 nitrogen and oxygen atoms in total. The summed E-state index contributed by atoms with van der Waals surface area (Å²) in [4.78, 5) is 4.87. The summed E-state index contributed by atoms with van der Waals surface area (Å²) in [5.74, 6) is 0.871. The molecule has 0 atom stereocenters. The molecule has 0 saturated heterocycles. The summed E-state index contributed by atoms with van der Waals surface area (Å²) < 4.78 is 7.40. The zero-order valence-corrected chi connectivity index (χ0v) is 14.6.